The molecule has 0 bridgehead atoms. The summed E-state index contributed by atoms with van der Waals surface area (Å²) < 4.78 is 1.23. The van der Waals surface area contributed by atoms with E-state index in [0.29, 0.717) is 0 Å². The molecule has 0 fully saturated rings. The van der Waals surface area contributed by atoms with Gasteiger partial charge in [0.2, 0.25) is 5.29 Å². The van der Waals surface area contributed by atoms with Gasteiger partial charge in [-0.1, -0.05) is 48.6 Å². The smallest absolute Gasteiger partial charge is 0.215 e. The highest BCUT2D eigenvalue weighted by Crippen LogP contribution is 2.33. The summed E-state index contributed by atoms with van der Waals surface area (Å²) in [4.78, 5) is 5.39. The van der Waals surface area contributed by atoms with Crippen LogP contribution in [0, 0.1) is 5.41 Å². The molecule has 2 nitrogen and oxygen atoms in total. The first-order valence-electron chi connectivity index (χ1n) is 8.00. The van der Waals surface area contributed by atoms with Gasteiger partial charge in [0.1, 0.15) is 0 Å². The molecule has 0 radical (unpaired) electrons. The van der Waals surface area contributed by atoms with Crippen molar-refractivity contribution in [1.29, 1.82) is 5.41 Å². The van der Waals surface area contributed by atoms with Crippen molar-refractivity contribution in [2.45, 2.75) is 6.42 Å². The van der Waals surface area contributed by atoms with E-state index in [1.807, 2.05) is 12.1 Å². The summed E-state index contributed by atoms with van der Waals surface area (Å²) in [6.07, 6.45) is 11.5. The minimum absolute atomic E-state index is 0.207. The zero-order chi connectivity index (χ0) is 17.2. The second-order valence-electron chi connectivity index (χ2n) is 5.78. The van der Waals surface area contributed by atoms with E-state index < -0.39 is 0 Å². The van der Waals surface area contributed by atoms with E-state index in [2.05, 4.69) is 65.7 Å². The van der Waals surface area contributed by atoms with Crippen LogP contribution in [0.2, 0.25) is 0 Å². The third kappa shape index (κ3) is 3.34. The maximum absolute atomic E-state index is 7.58. The summed E-state index contributed by atoms with van der Waals surface area (Å²) in [6, 6.07) is 14.6. The van der Waals surface area contributed by atoms with E-state index in [1.165, 1.54) is 10.1 Å². The minimum Gasteiger partial charge on any atom is -0.272 e. The molecule has 4 rings (SSSR count). The molecule has 1 aromatic rings. The van der Waals surface area contributed by atoms with Gasteiger partial charge in [-0.15, -0.1) is 11.3 Å². The molecule has 1 aromatic carbocycles. The number of fused-ring (bicyclic) bond motifs is 2. The van der Waals surface area contributed by atoms with Crippen LogP contribution in [0.4, 0.5) is 0 Å². The number of benzene rings is 2. The van der Waals surface area contributed by atoms with E-state index in [9.17, 15) is 0 Å². The van der Waals surface area contributed by atoms with Crippen LogP contribution in [0.15, 0.2) is 77.8 Å². The Morgan fingerprint density at radius 2 is 2.00 bits per heavy atom. The molecular formula is C21H15ClN2S. The molecule has 0 atom stereocenters. The molecule has 25 heavy (non-hydrogen) atoms. The minimum atomic E-state index is -0.207. The highest BCUT2D eigenvalue weighted by molar-refractivity contribution is 7.21. The van der Waals surface area contributed by atoms with Crippen LogP contribution in [-0.2, 0) is 0 Å². The van der Waals surface area contributed by atoms with Crippen LogP contribution in [0.25, 0.3) is 26.1 Å². The Hall–Kier alpha value is -2.49. The van der Waals surface area contributed by atoms with Gasteiger partial charge in [-0.3, -0.25) is 5.41 Å². The SMILES string of the molecule is N=C(Cl)N=c1cc(C2=CC=CCC=C2)cc2sc3ccccc3cc1-2. The van der Waals surface area contributed by atoms with Gasteiger partial charge in [0.05, 0.1) is 5.36 Å². The molecule has 0 unspecified atom stereocenters. The number of hydrogen-bond donors (Lipinski definition) is 1. The summed E-state index contributed by atoms with van der Waals surface area (Å²) in [5.74, 6) is 0. The van der Waals surface area contributed by atoms with Crippen LogP contribution in [-0.4, -0.2) is 5.29 Å². The van der Waals surface area contributed by atoms with Gasteiger partial charge in [0, 0.05) is 15.1 Å². The van der Waals surface area contributed by atoms with E-state index in [4.69, 9.17) is 17.0 Å². The van der Waals surface area contributed by atoms with Gasteiger partial charge in [0.25, 0.3) is 0 Å². The standard InChI is InChI=1S/C21H15ClN2S/c22-21(23)24-18-12-16(14-7-3-1-2-4-8-14)13-20-17(18)11-15-9-5-6-10-19(15)25-20/h1,3-13,23H,2H2. The zero-order valence-corrected chi connectivity index (χ0v) is 14.9. The highest BCUT2D eigenvalue weighted by Gasteiger charge is 2.11. The van der Waals surface area contributed by atoms with Crippen molar-refractivity contribution >= 4 is 43.9 Å². The number of nitrogens with zero attached hydrogens (tertiary/aromatic N) is 1. The lowest BCUT2D eigenvalue weighted by Gasteiger charge is -2.11. The van der Waals surface area contributed by atoms with E-state index in [0.717, 1.165) is 33.4 Å². The van der Waals surface area contributed by atoms with Gasteiger partial charge in [-0.2, -0.15) is 0 Å². The Morgan fingerprint density at radius 3 is 2.88 bits per heavy atom. The Balaban J connectivity index is 2.05. The Labute approximate surface area is 155 Å². The number of hydrogen-bond acceptors (Lipinski definition) is 2. The molecular weight excluding hydrogens is 348 g/mol. The van der Waals surface area contributed by atoms with Gasteiger partial charge in [-0.25, -0.2) is 4.99 Å². The average molecular weight is 363 g/mol. The molecule has 3 aliphatic rings. The van der Waals surface area contributed by atoms with Crippen molar-refractivity contribution in [1.82, 2.24) is 0 Å². The van der Waals surface area contributed by atoms with Crippen LogP contribution >= 0.6 is 22.9 Å². The molecule has 122 valence electrons. The molecule has 0 spiro atoms. The van der Waals surface area contributed by atoms with Crippen molar-refractivity contribution in [3.63, 3.8) is 0 Å². The first kappa shape index (κ1) is 16.0. The molecule has 0 amide bonds. The third-order valence-electron chi connectivity index (χ3n) is 4.09. The van der Waals surface area contributed by atoms with Crippen LogP contribution < -0.4 is 5.36 Å². The van der Waals surface area contributed by atoms with Crippen LogP contribution in [0.1, 0.15) is 12.0 Å². The summed E-state index contributed by atoms with van der Waals surface area (Å²) >= 11 is 7.51. The summed E-state index contributed by atoms with van der Waals surface area (Å²) in [6.45, 7) is 0. The molecule has 0 saturated carbocycles. The monoisotopic (exact) mass is 362 g/mol. The lowest BCUT2D eigenvalue weighted by atomic mass is 10.0. The van der Waals surface area contributed by atoms with Crippen LogP contribution in [0.5, 0.6) is 0 Å². The molecule has 1 heterocycles. The van der Waals surface area contributed by atoms with Gasteiger partial charge in [-0.05, 0) is 58.8 Å². The fourth-order valence-corrected chi connectivity index (χ4v) is 4.12. The van der Waals surface area contributed by atoms with Gasteiger partial charge < -0.3 is 0 Å². The predicted octanol–water partition coefficient (Wildman–Crippen LogP) is 5.98. The lowest BCUT2D eigenvalue weighted by Crippen LogP contribution is -2.09. The Morgan fingerprint density at radius 1 is 1.12 bits per heavy atom. The second kappa shape index (κ2) is 6.79. The van der Waals surface area contributed by atoms with Crippen molar-refractivity contribution in [3.8, 4) is 10.4 Å². The van der Waals surface area contributed by atoms with E-state index in [-0.39, 0.29) is 5.29 Å². The molecule has 0 aromatic heterocycles. The average Bonchev–Trinajstić information content (AvgIpc) is 2.89. The largest absolute Gasteiger partial charge is 0.272 e. The summed E-state index contributed by atoms with van der Waals surface area (Å²) in [5, 5.41) is 9.28. The second-order valence-corrected chi connectivity index (χ2v) is 7.22. The third-order valence-corrected chi connectivity index (χ3v) is 5.33. The quantitative estimate of drug-likeness (QED) is 0.239. The maximum atomic E-state index is 7.58. The van der Waals surface area contributed by atoms with Crippen molar-refractivity contribution in [2.75, 3.05) is 0 Å². The number of amidine groups is 1. The fourth-order valence-electron chi connectivity index (χ4n) is 2.94. The van der Waals surface area contributed by atoms with E-state index in [1.54, 1.807) is 11.3 Å². The van der Waals surface area contributed by atoms with Crippen molar-refractivity contribution in [3.05, 3.63) is 83.8 Å². The first-order valence-corrected chi connectivity index (χ1v) is 9.19. The zero-order valence-electron chi connectivity index (χ0n) is 13.4. The van der Waals surface area contributed by atoms with Gasteiger partial charge in [0.15, 0.2) is 0 Å². The van der Waals surface area contributed by atoms with Crippen LogP contribution in [0.3, 0.4) is 0 Å². The fraction of sp³-hybridized carbons (Fsp3) is 0.0476. The lowest BCUT2D eigenvalue weighted by molar-refractivity contribution is 1.37. The summed E-state index contributed by atoms with van der Waals surface area (Å²) in [5.41, 5.74) is 3.23. The van der Waals surface area contributed by atoms with Gasteiger partial charge >= 0.3 is 0 Å². The number of rotatable bonds is 1. The highest BCUT2D eigenvalue weighted by atomic mass is 35.5. The van der Waals surface area contributed by atoms with Crippen molar-refractivity contribution < 1.29 is 0 Å². The number of nitrogens with one attached hydrogen (secondary N) is 1. The predicted molar refractivity (Wildman–Crippen MR) is 108 cm³/mol. The molecule has 1 aliphatic heterocycles. The van der Waals surface area contributed by atoms with E-state index >= 15 is 0 Å². The topological polar surface area (TPSA) is 36.2 Å². The number of allylic oxidation sites excluding steroid dienone is 6. The molecule has 4 heteroatoms. The molecule has 1 N–H and O–H groups in total. The normalized spacial score (nSPS) is 14.8. The molecule has 0 saturated heterocycles. The van der Waals surface area contributed by atoms with Crippen molar-refractivity contribution in [2.24, 2.45) is 4.99 Å². The number of halogens is 1. The summed E-state index contributed by atoms with van der Waals surface area (Å²) in [7, 11) is 0. The Bertz CT molecular complexity index is 1100. The Kier molecular flexibility index (Phi) is 4.35. The maximum Gasteiger partial charge on any atom is 0.215 e. The molecule has 2 aliphatic carbocycles. The first-order chi connectivity index (χ1) is 12.2.